The van der Waals surface area contributed by atoms with Crippen molar-refractivity contribution in [2.45, 2.75) is 64.6 Å². The van der Waals surface area contributed by atoms with Crippen molar-refractivity contribution in [2.75, 3.05) is 13.2 Å². The van der Waals surface area contributed by atoms with Crippen LogP contribution in [-0.4, -0.2) is 41.9 Å². The van der Waals surface area contributed by atoms with Crippen molar-refractivity contribution in [2.24, 2.45) is 0 Å². The maximum Gasteiger partial charge on any atom is 0.416 e. The Bertz CT molecular complexity index is 1400. The molecule has 3 aromatic rings. The molecule has 0 saturated carbocycles. The van der Waals surface area contributed by atoms with E-state index in [9.17, 15) is 22.8 Å². The summed E-state index contributed by atoms with van der Waals surface area (Å²) in [6.07, 6.45) is -1.52. The Hall–Kier alpha value is -4.12. The van der Waals surface area contributed by atoms with Crippen LogP contribution < -0.4 is 15.4 Å². The Morgan fingerprint density at radius 2 is 1.81 bits per heavy atom. The van der Waals surface area contributed by atoms with Crippen LogP contribution >= 0.6 is 0 Å². The standard InChI is InChI=1S/C31H34F3N3O5/c1-19(37-28(38)23-13-26(17-35-15-23)41-25-11-12-40-18-25)20-5-7-21(8-6-20)27-14-24(31(32,33)34)10-9-22(27)16-36-29(39)42-30(2,3)4/h5-10,13-15,17,19,25H,11-12,16,18H2,1-4H3,(H,36,39)(H,37,38)/t19-,25+/m1/s1. The molecule has 0 radical (unpaired) electrons. The molecule has 2 atom stereocenters. The van der Waals surface area contributed by atoms with Crippen LogP contribution in [0.3, 0.4) is 0 Å². The van der Waals surface area contributed by atoms with Gasteiger partial charge in [0.25, 0.3) is 5.91 Å². The van der Waals surface area contributed by atoms with E-state index in [1.165, 1.54) is 12.3 Å². The number of benzene rings is 2. The molecule has 2 aromatic carbocycles. The lowest BCUT2D eigenvalue weighted by atomic mass is 9.95. The highest BCUT2D eigenvalue weighted by molar-refractivity contribution is 5.94. The average Bonchev–Trinajstić information content (AvgIpc) is 3.43. The molecule has 1 aromatic heterocycles. The normalized spacial score (nSPS) is 16.0. The lowest BCUT2D eigenvalue weighted by Gasteiger charge is -2.20. The van der Waals surface area contributed by atoms with E-state index in [1.54, 1.807) is 64.2 Å². The second kappa shape index (κ2) is 12.8. The molecular weight excluding hydrogens is 551 g/mol. The number of hydrogen-bond acceptors (Lipinski definition) is 6. The van der Waals surface area contributed by atoms with Gasteiger partial charge in [-0.25, -0.2) is 4.79 Å². The number of aromatic nitrogens is 1. The van der Waals surface area contributed by atoms with E-state index in [1.807, 2.05) is 0 Å². The molecule has 1 saturated heterocycles. The average molecular weight is 586 g/mol. The summed E-state index contributed by atoms with van der Waals surface area (Å²) in [7, 11) is 0. The van der Waals surface area contributed by atoms with Crippen molar-refractivity contribution in [3.63, 3.8) is 0 Å². The third-order valence-corrected chi connectivity index (χ3v) is 6.49. The van der Waals surface area contributed by atoms with Crippen molar-refractivity contribution in [1.29, 1.82) is 0 Å². The van der Waals surface area contributed by atoms with E-state index in [-0.39, 0.29) is 18.6 Å². The monoisotopic (exact) mass is 585 g/mol. The van der Waals surface area contributed by atoms with E-state index in [2.05, 4.69) is 15.6 Å². The SMILES string of the molecule is C[C@@H](NC(=O)c1cncc(O[C@H]2CCOC2)c1)c1ccc(-c2cc(C(F)(F)F)ccc2CNC(=O)OC(C)(C)C)cc1. The topological polar surface area (TPSA) is 98.8 Å². The van der Waals surface area contributed by atoms with Gasteiger partial charge in [0.15, 0.2) is 0 Å². The Morgan fingerprint density at radius 1 is 1.07 bits per heavy atom. The summed E-state index contributed by atoms with van der Waals surface area (Å²) in [5.74, 6) is 0.133. The Labute approximate surface area is 242 Å². The summed E-state index contributed by atoms with van der Waals surface area (Å²) < 4.78 is 57.0. The minimum Gasteiger partial charge on any atom is -0.486 e. The third kappa shape index (κ3) is 8.45. The molecule has 0 bridgehead atoms. The number of nitrogens with zero attached hydrogens (tertiary/aromatic N) is 1. The predicted octanol–water partition coefficient (Wildman–Crippen LogP) is 6.45. The zero-order valence-electron chi connectivity index (χ0n) is 23.9. The van der Waals surface area contributed by atoms with Crippen molar-refractivity contribution >= 4 is 12.0 Å². The van der Waals surface area contributed by atoms with Gasteiger partial charge in [0.1, 0.15) is 17.5 Å². The summed E-state index contributed by atoms with van der Waals surface area (Å²) in [6.45, 7) is 8.06. The van der Waals surface area contributed by atoms with Crippen LogP contribution in [-0.2, 0) is 22.2 Å². The molecule has 0 spiro atoms. The lowest BCUT2D eigenvalue weighted by molar-refractivity contribution is -0.137. The fourth-order valence-corrected chi connectivity index (χ4v) is 4.38. The molecule has 2 heterocycles. The van der Waals surface area contributed by atoms with Gasteiger partial charge < -0.3 is 24.8 Å². The molecule has 42 heavy (non-hydrogen) atoms. The van der Waals surface area contributed by atoms with Crippen LogP contribution in [0.1, 0.15) is 67.2 Å². The van der Waals surface area contributed by atoms with Crippen LogP contribution in [0.4, 0.5) is 18.0 Å². The van der Waals surface area contributed by atoms with E-state index in [0.29, 0.717) is 41.2 Å². The molecule has 224 valence electrons. The van der Waals surface area contributed by atoms with Crippen LogP contribution in [0.15, 0.2) is 60.9 Å². The van der Waals surface area contributed by atoms with Crippen LogP contribution in [0.5, 0.6) is 5.75 Å². The fourth-order valence-electron chi connectivity index (χ4n) is 4.38. The second-order valence-corrected chi connectivity index (χ2v) is 11.1. The first-order valence-electron chi connectivity index (χ1n) is 13.6. The zero-order valence-corrected chi connectivity index (χ0v) is 23.9. The van der Waals surface area contributed by atoms with Crippen molar-refractivity contribution in [3.05, 3.63) is 83.2 Å². The van der Waals surface area contributed by atoms with Crippen LogP contribution in [0.25, 0.3) is 11.1 Å². The number of carbonyl (C=O) groups excluding carboxylic acids is 2. The maximum absolute atomic E-state index is 13.5. The van der Waals surface area contributed by atoms with Gasteiger partial charge >= 0.3 is 12.3 Å². The number of carbonyl (C=O) groups is 2. The van der Waals surface area contributed by atoms with Gasteiger partial charge in [0.05, 0.1) is 36.6 Å². The van der Waals surface area contributed by atoms with Gasteiger partial charge in [-0.1, -0.05) is 30.3 Å². The number of nitrogens with one attached hydrogen (secondary N) is 2. The first kappa shape index (κ1) is 30.8. The maximum atomic E-state index is 13.5. The minimum atomic E-state index is -4.54. The Morgan fingerprint density at radius 3 is 2.45 bits per heavy atom. The van der Waals surface area contributed by atoms with Crippen molar-refractivity contribution in [1.82, 2.24) is 15.6 Å². The number of rotatable bonds is 8. The molecule has 1 aliphatic heterocycles. The summed E-state index contributed by atoms with van der Waals surface area (Å²) >= 11 is 0. The molecular formula is C31H34F3N3O5. The van der Waals surface area contributed by atoms with Gasteiger partial charge in [-0.3, -0.25) is 9.78 Å². The molecule has 11 heteroatoms. The number of halogens is 3. The zero-order chi connectivity index (χ0) is 30.5. The summed E-state index contributed by atoms with van der Waals surface area (Å²) in [5, 5.41) is 5.52. The van der Waals surface area contributed by atoms with Gasteiger partial charge in [-0.05, 0) is 68.1 Å². The second-order valence-electron chi connectivity index (χ2n) is 11.1. The number of alkyl carbamates (subject to hydrolysis) is 1. The quantitative estimate of drug-likeness (QED) is 0.315. The van der Waals surface area contributed by atoms with E-state index in [4.69, 9.17) is 14.2 Å². The molecule has 1 aliphatic rings. The van der Waals surface area contributed by atoms with Gasteiger partial charge in [-0.2, -0.15) is 13.2 Å². The fraction of sp³-hybridized carbons (Fsp3) is 0.387. The largest absolute Gasteiger partial charge is 0.486 e. The summed E-state index contributed by atoms with van der Waals surface area (Å²) in [5.41, 5.74) is 0.892. The molecule has 4 rings (SSSR count). The van der Waals surface area contributed by atoms with Gasteiger partial charge in [0.2, 0.25) is 0 Å². The number of alkyl halides is 3. The first-order valence-corrected chi connectivity index (χ1v) is 13.6. The van der Waals surface area contributed by atoms with Crippen LogP contribution in [0.2, 0.25) is 0 Å². The van der Waals surface area contributed by atoms with Gasteiger partial charge in [0, 0.05) is 19.2 Å². The van der Waals surface area contributed by atoms with Crippen LogP contribution in [0, 0.1) is 0 Å². The van der Waals surface area contributed by atoms with Crippen molar-refractivity contribution < 1.29 is 37.0 Å². The number of ether oxygens (including phenoxy) is 3. The molecule has 2 amide bonds. The highest BCUT2D eigenvalue weighted by Gasteiger charge is 2.31. The highest BCUT2D eigenvalue weighted by atomic mass is 19.4. The molecule has 8 nitrogen and oxygen atoms in total. The number of pyridine rings is 1. The Balaban J connectivity index is 1.48. The number of hydrogen-bond donors (Lipinski definition) is 2. The van der Waals surface area contributed by atoms with Crippen molar-refractivity contribution in [3.8, 4) is 16.9 Å². The smallest absolute Gasteiger partial charge is 0.416 e. The van der Waals surface area contributed by atoms with Gasteiger partial charge in [-0.15, -0.1) is 0 Å². The molecule has 0 aliphatic carbocycles. The minimum absolute atomic E-state index is 0.0266. The molecule has 2 N–H and O–H groups in total. The Kier molecular flexibility index (Phi) is 9.40. The molecule has 1 fully saturated rings. The van der Waals surface area contributed by atoms with E-state index >= 15 is 0 Å². The molecule has 0 unspecified atom stereocenters. The predicted molar refractivity (Wildman–Crippen MR) is 150 cm³/mol. The third-order valence-electron chi connectivity index (χ3n) is 6.49. The summed E-state index contributed by atoms with van der Waals surface area (Å²) in [6, 6.07) is 11.5. The highest BCUT2D eigenvalue weighted by Crippen LogP contribution is 2.34. The number of amides is 2. The lowest BCUT2D eigenvalue weighted by Crippen LogP contribution is -2.32. The van der Waals surface area contributed by atoms with E-state index in [0.717, 1.165) is 24.1 Å². The van der Waals surface area contributed by atoms with E-state index < -0.39 is 29.5 Å². The summed E-state index contributed by atoms with van der Waals surface area (Å²) in [4.78, 5) is 29.2. The first-order chi connectivity index (χ1) is 19.8.